The molecule has 0 radical (unpaired) electrons. The summed E-state index contributed by atoms with van der Waals surface area (Å²) in [6.07, 6.45) is 0. The van der Waals surface area contributed by atoms with E-state index < -0.39 is 0 Å². The number of hydrogen-bond donors (Lipinski definition) is 0. The van der Waals surface area contributed by atoms with E-state index in [1.807, 2.05) is 12.1 Å². The van der Waals surface area contributed by atoms with Crippen LogP contribution < -0.4 is 14.2 Å². The van der Waals surface area contributed by atoms with Crippen LogP contribution in [0.25, 0.3) is 20.5 Å². The van der Waals surface area contributed by atoms with Crippen molar-refractivity contribution < 1.29 is 14.2 Å². The van der Waals surface area contributed by atoms with Crippen molar-refractivity contribution in [3.8, 4) is 27.7 Å². The molecule has 0 aliphatic carbocycles. The molecular weight excluding hydrogens is 399 g/mol. The Morgan fingerprint density at radius 3 is 2.52 bits per heavy atom. The molecule has 3 aromatic rings. The first-order valence-corrected chi connectivity index (χ1v) is 8.32. The first-order chi connectivity index (χ1) is 10.3. The zero-order valence-corrected chi connectivity index (χ0v) is 14.2. The molecule has 0 bridgehead atoms. The molecule has 0 N–H and O–H groups in total. The lowest BCUT2D eigenvalue weighted by Gasteiger charge is -2.02. The van der Waals surface area contributed by atoms with Gasteiger partial charge in [-0.15, -0.1) is 11.3 Å². The molecule has 4 rings (SSSR count). The van der Waals surface area contributed by atoms with Crippen LogP contribution in [-0.2, 0) is 0 Å². The smallest absolute Gasteiger partial charge is 0.231 e. The Morgan fingerprint density at radius 1 is 1.10 bits per heavy atom. The molecule has 0 saturated heterocycles. The van der Waals surface area contributed by atoms with Gasteiger partial charge in [0.25, 0.3) is 0 Å². The van der Waals surface area contributed by atoms with E-state index in [-0.39, 0.29) is 0 Å². The summed E-state index contributed by atoms with van der Waals surface area (Å²) in [7, 11) is 1.68. The topological polar surface area (TPSA) is 27.7 Å². The molecule has 1 aliphatic rings. The highest BCUT2D eigenvalue weighted by molar-refractivity contribution is 14.1. The molecule has 0 saturated carbocycles. The predicted molar refractivity (Wildman–Crippen MR) is 92.7 cm³/mol. The Bertz CT molecular complexity index is 824. The molecule has 3 nitrogen and oxygen atoms in total. The summed E-state index contributed by atoms with van der Waals surface area (Å²) in [5.41, 5.74) is 1.20. The molecule has 0 unspecified atom stereocenters. The number of ether oxygens (including phenoxy) is 3. The Kier molecular flexibility index (Phi) is 3.19. The first kappa shape index (κ1) is 13.2. The van der Waals surface area contributed by atoms with E-state index in [4.69, 9.17) is 14.2 Å². The third-order valence-electron chi connectivity index (χ3n) is 3.47. The van der Waals surface area contributed by atoms with Crippen molar-refractivity contribution in [3.05, 3.63) is 40.0 Å². The van der Waals surface area contributed by atoms with Gasteiger partial charge in [0.05, 0.1) is 7.11 Å². The van der Waals surface area contributed by atoms with E-state index in [0.29, 0.717) is 6.79 Å². The summed E-state index contributed by atoms with van der Waals surface area (Å²) < 4.78 is 18.6. The van der Waals surface area contributed by atoms with Crippen LogP contribution in [-0.4, -0.2) is 13.9 Å². The molecule has 5 heteroatoms. The van der Waals surface area contributed by atoms with Gasteiger partial charge in [-0.3, -0.25) is 0 Å². The Balaban J connectivity index is 1.87. The largest absolute Gasteiger partial charge is 0.497 e. The number of thiophene rings is 1. The molecule has 0 atom stereocenters. The van der Waals surface area contributed by atoms with Crippen molar-refractivity contribution in [2.24, 2.45) is 0 Å². The molecular formula is C16H11IO3S. The summed E-state index contributed by atoms with van der Waals surface area (Å²) in [5.74, 6) is 2.54. The number of fused-ring (bicyclic) bond motifs is 2. The van der Waals surface area contributed by atoms with Crippen LogP contribution in [0, 0.1) is 3.57 Å². The Hall–Kier alpha value is -1.47. The molecule has 2 aromatic carbocycles. The molecule has 21 heavy (non-hydrogen) atoms. The lowest BCUT2D eigenvalue weighted by atomic mass is 10.1. The standard InChI is InChI=1S/C16H11IO3S/c1-18-10-4-2-9(3-5-10)16-15(17)11-6-12-13(20-8-19-12)7-14(11)21-16/h2-7H,8H2,1H3. The minimum absolute atomic E-state index is 0.314. The van der Waals surface area contributed by atoms with Gasteiger partial charge in [-0.25, -0.2) is 0 Å². The van der Waals surface area contributed by atoms with Crippen LogP contribution in [0.2, 0.25) is 0 Å². The van der Waals surface area contributed by atoms with Crippen LogP contribution in [0.5, 0.6) is 17.2 Å². The van der Waals surface area contributed by atoms with Crippen LogP contribution in [0.15, 0.2) is 36.4 Å². The molecule has 0 amide bonds. The minimum Gasteiger partial charge on any atom is -0.497 e. The molecule has 0 fully saturated rings. The van der Waals surface area contributed by atoms with Crippen molar-refractivity contribution in [2.45, 2.75) is 0 Å². The monoisotopic (exact) mass is 410 g/mol. The maximum Gasteiger partial charge on any atom is 0.231 e. The number of hydrogen-bond acceptors (Lipinski definition) is 4. The second-order valence-corrected chi connectivity index (χ2v) is 6.81. The average Bonchev–Trinajstić information content (AvgIpc) is 3.10. The lowest BCUT2D eigenvalue weighted by Crippen LogP contribution is -1.92. The average molecular weight is 410 g/mol. The molecule has 1 aromatic heterocycles. The minimum atomic E-state index is 0.314. The fourth-order valence-corrected chi connectivity index (χ4v) is 4.77. The summed E-state index contributed by atoms with van der Waals surface area (Å²) in [6, 6.07) is 12.3. The first-order valence-electron chi connectivity index (χ1n) is 6.42. The fraction of sp³-hybridized carbons (Fsp3) is 0.125. The predicted octanol–water partition coefficient (Wildman–Crippen LogP) is 4.91. The Labute approximate surface area is 139 Å². The SMILES string of the molecule is COc1ccc(-c2sc3cc4c(cc3c2I)OCO4)cc1. The number of halogens is 1. The third-order valence-corrected chi connectivity index (χ3v) is 6.16. The highest BCUT2D eigenvalue weighted by Crippen LogP contribution is 2.45. The second kappa shape index (κ2) is 5.06. The highest BCUT2D eigenvalue weighted by atomic mass is 127. The van der Waals surface area contributed by atoms with Crippen LogP contribution in [0.3, 0.4) is 0 Å². The van der Waals surface area contributed by atoms with Crippen molar-refractivity contribution >= 4 is 44.0 Å². The summed E-state index contributed by atoms with van der Waals surface area (Å²) in [5, 5.41) is 1.22. The highest BCUT2D eigenvalue weighted by Gasteiger charge is 2.19. The van der Waals surface area contributed by atoms with E-state index in [2.05, 4.69) is 46.9 Å². The van der Waals surface area contributed by atoms with Gasteiger partial charge in [-0.05, 0) is 58.5 Å². The molecule has 1 aliphatic heterocycles. The number of benzene rings is 2. The van der Waals surface area contributed by atoms with E-state index in [9.17, 15) is 0 Å². The van der Waals surface area contributed by atoms with Gasteiger partial charge in [0.2, 0.25) is 6.79 Å². The van der Waals surface area contributed by atoms with Gasteiger partial charge in [0, 0.05) is 24.6 Å². The number of rotatable bonds is 2. The van der Waals surface area contributed by atoms with E-state index in [1.54, 1.807) is 18.4 Å². The van der Waals surface area contributed by atoms with Crippen LogP contribution >= 0.6 is 33.9 Å². The molecule has 2 heterocycles. The maximum atomic E-state index is 5.47. The molecule has 106 valence electrons. The lowest BCUT2D eigenvalue weighted by molar-refractivity contribution is 0.174. The summed E-state index contributed by atoms with van der Waals surface area (Å²) >= 11 is 4.18. The Morgan fingerprint density at radius 2 is 1.81 bits per heavy atom. The quantitative estimate of drug-likeness (QED) is 0.562. The summed E-state index contributed by atoms with van der Waals surface area (Å²) in [6.45, 7) is 0.314. The van der Waals surface area contributed by atoms with Crippen molar-refractivity contribution in [1.29, 1.82) is 0 Å². The number of methoxy groups -OCH3 is 1. The van der Waals surface area contributed by atoms with Gasteiger partial charge in [-0.2, -0.15) is 0 Å². The summed E-state index contributed by atoms with van der Waals surface area (Å²) in [4.78, 5) is 1.26. The van der Waals surface area contributed by atoms with Gasteiger partial charge in [-0.1, -0.05) is 0 Å². The fourth-order valence-electron chi connectivity index (χ4n) is 2.38. The van der Waals surface area contributed by atoms with Crippen LogP contribution in [0.1, 0.15) is 0 Å². The van der Waals surface area contributed by atoms with Crippen LogP contribution in [0.4, 0.5) is 0 Å². The van der Waals surface area contributed by atoms with Gasteiger partial charge in [0.15, 0.2) is 11.5 Å². The van der Waals surface area contributed by atoms with Gasteiger partial charge in [0.1, 0.15) is 5.75 Å². The van der Waals surface area contributed by atoms with E-state index in [1.165, 1.54) is 24.1 Å². The van der Waals surface area contributed by atoms with E-state index in [0.717, 1.165) is 17.2 Å². The maximum absolute atomic E-state index is 5.47. The van der Waals surface area contributed by atoms with Gasteiger partial charge >= 0.3 is 0 Å². The van der Waals surface area contributed by atoms with Crippen molar-refractivity contribution in [2.75, 3.05) is 13.9 Å². The normalized spacial score (nSPS) is 12.9. The second-order valence-electron chi connectivity index (χ2n) is 4.68. The third kappa shape index (κ3) is 2.15. The van der Waals surface area contributed by atoms with Crippen molar-refractivity contribution in [1.82, 2.24) is 0 Å². The molecule has 0 spiro atoms. The zero-order valence-electron chi connectivity index (χ0n) is 11.2. The zero-order chi connectivity index (χ0) is 14.4. The van der Waals surface area contributed by atoms with Crippen molar-refractivity contribution in [3.63, 3.8) is 0 Å². The van der Waals surface area contributed by atoms with E-state index >= 15 is 0 Å². The van der Waals surface area contributed by atoms with Gasteiger partial charge < -0.3 is 14.2 Å².